The molecule has 0 aliphatic carbocycles. The predicted molar refractivity (Wildman–Crippen MR) is 69.4 cm³/mol. The molecular formula is C14H18FNO2. The molecule has 98 valence electrons. The Morgan fingerprint density at radius 1 is 1.44 bits per heavy atom. The summed E-state index contributed by atoms with van der Waals surface area (Å²) >= 11 is 0. The molecule has 0 radical (unpaired) electrons. The Bertz CT molecular complexity index is 455. The molecule has 0 unspecified atom stereocenters. The van der Waals surface area contributed by atoms with Crippen molar-refractivity contribution in [2.45, 2.75) is 19.4 Å². The molecule has 0 bridgehead atoms. The maximum Gasteiger partial charge on any atom is 0.246 e. The van der Waals surface area contributed by atoms with Crippen molar-refractivity contribution in [1.29, 1.82) is 0 Å². The van der Waals surface area contributed by atoms with Crippen LogP contribution >= 0.6 is 0 Å². The van der Waals surface area contributed by atoms with Crippen molar-refractivity contribution >= 4 is 12.0 Å². The number of aliphatic hydroxyl groups excluding tert-OH is 1. The monoisotopic (exact) mass is 251 g/mol. The first-order valence-electron chi connectivity index (χ1n) is 5.70. The fourth-order valence-electron chi connectivity index (χ4n) is 1.29. The van der Waals surface area contributed by atoms with Crippen molar-refractivity contribution < 1.29 is 14.3 Å². The van der Waals surface area contributed by atoms with Crippen LogP contribution in [0.2, 0.25) is 0 Å². The van der Waals surface area contributed by atoms with Crippen LogP contribution in [0.25, 0.3) is 6.08 Å². The molecule has 1 N–H and O–H groups in total. The predicted octanol–water partition coefficient (Wildman–Crippen LogP) is 2.07. The molecule has 0 atom stereocenters. The highest BCUT2D eigenvalue weighted by molar-refractivity contribution is 5.92. The van der Waals surface area contributed by atoms with Crippen molar-refractivity contribution in [2.75, 3.05) is 13.7 Å². The van der Waals surface area contributed by atoms with Crippen molar-refractivity contribution in [3.8, 4) is 0 Å². The molecule has 0 fully saturated rings. The van der Waals surface area contributed by atoms with E-state index in [1.54, 1.807) is 39.1 Å². The quantitative estimate of drug-likeness (QED) is 0.832. The van der Waals surface area contributed by atoms with Gasteiger partial charge in [0.25, 0.3) is 0 Å². The van der Waals surface area contributed by atoms with Crippen molar-refractivity contribution in [2.24, 2.45) is 0 Å². The Kier molecular flexibility index (Phi) is 4.62. The summed E-state index contributed by atoms with van der Waals surface area (Å²) in [6, 6.07) is 6.23. The molecule has 0 aliphatic rings. The van der Waals surface area contributed by atoms with Crippen molar-refractivity contribution in [3.05, 3.63) is 41.7 Å². The molecule has 18 heavy (non-hydrogen) atoms. The van der Waals surface area contributed by atoms with Gasteiger partial charge in [-0.15, -0.1) is 0 Å². The number of hydrogen-bond donors (Lipinski definition) is 1. The number of hydrogen-bond acceptors (Lipinski definition) is 2. The lowest BCUT2D eigenvalue weighted by Crippen LogP contribution is -2.47. The number of amides is 1. The lowest BCUT2D eigenvalue weighted by atomic mass is 10.1. The fourth-order valence-corrected chi connectivity index (χ4v) is 1.29. The molecule has 0 aromatic heterocycles. The van der Waals surface area contributed by atoms with Gasteiger partial charge in [-0.1, -0.05) is 18.2 Å². The molecule has 1 amide bonds. The fraction of sp³-hybridized carbons (Fsp3) is 0.357. The van der Waals surface area contributed by atoms with Crippen LogP contribution in [0, 0.1) is 5.82 Å². The van der Waals surface area contributed by atoms with E-state index in [-0.39, 0.29) is 18.3 Å². The standard InChI is InChI=1S/C14H18FNO2/c1-14(2,10-17)16(3)13(18)9-8-11-6-4-5-7-12(11)15/h4-9,17H,10H2,1-3H3/b9-8+. The second-order valence-electron chi connectivity index (χ2n) is 4.72. The third kappa shape index (κ3) is 3.40. The molecule has 0 heterocycles. The van der Waals surface area contributed by atoms with Crippen LogP contribution in [-0.2, 0) is 4.79 Å². The van der Waals surface area contributed by atoms with E-state index in [0.717, 1.165) is 0 Å². The summed E-state index contributed by atoms with van der Waals surface area (Å²) < 4.78 is 13.3. The second kappa shape index (κ2) is 5.78. The molecule has 0 saturated carbocycles. The first-order chi connectivity index (χ1) is 8.38. The molecular weight excluding hydrogens is 233 g/mol. The van der Waals surface area contributed by atoms with Crippen LogP contribution in [0.1, 0.15) is 19.4 Å². The van der Waals surface area contributed by atoms with Crippen LogP contribution in [-0.4, -0.2) is 35.1 Å². The summed E-state index contributed by atoms with van der Waals surface area (Å²) in [7, 11) is 1.60. The van der Waals surface area contributed by atoms with Crippen LogP contribution in [0.4, 0.5) is 4.39 Å². The van der Waals surface area contributed by atoms with Crippen LogP contribution in [0.15, 0.2) is 30.3 Å². The zero-order valence-electron chi connectivity index (χ0n) is 10.9. The molecule has 0 spiro atoms. The van der Waals surface area contributed by atoms with Gasteiger partial charge in [0.2, 0.25) is 5.91 Å². The first kappa shape index (κ1) is 14.4. The third-order valence-electron chi connectivity index (χ3n) is 2.94. The normalized spacial score (nSPS) is 11.8. The Balaban J connectivity index is 2.80. The van der Waals surface area contributed by atoms with Gasteiger partial charge in [-0.3, -0.25) is 4.79 Å². The number of aliphatic hydroxyl groups is 1. The van der Waals surface area contributed by atoms with Gasteiger partial charge in [-0.25, -0.2) is 4.39 Å². The molecule has 1 aromatic rings. The summed E-state index contributed by atoms with van der Waals surface area (Å²) in [5, 5.41) is 9.16. The van der Waals surface area contributed by atoms with Crippen LogP contribution < -0.4 is 0 Å². The zero-order chi connectivity index (χ0) is 13.8. The van der Waals surface area contributed by atoms with Gasteiger partial charge in [0, 0.05) is 18.7 Å². The van der Waals surface area contributed by atoms with E-state index in [2.05, 4.69) is 0 Å². The number of halogens is 1. The van der Waals surface area contributed by atoms with Gasteiger partial charge in [-0.2, -0.15) is 0 Å². The van der Waals surface area contributed by atoms with E-state index in [0.29, 0.717) is 5.56 Å². The smallest absolute Gasteiger partial charge is 0.246 e. The van der Waals surface area contributed by atoms with Gasteiger partial charge in [0.05, 0.1) is 12.1 Å². The Morgan fingerprint density at radius 3 is 2.61 bits per heavy atom. The van der Waals surface area contributed by atoms with Gasteiger partial charge >= 0.3 is 0 Å². The zero-order valence-corrected chi connectivity index (χ0v) is 10.9. The van der Waals surface area contributed by atoms with Gasteiger partial charge in [-0.05, 0) is 26.0 Å². The molecule has 0 aliphatic heterocycles. The van der Waals surface area contributed by atoms with Crippen molar-refractivity contribution in [3.63, 3.8) is 0 Å². The summed E-state index contributed by atoms with van der Waals surface area (Å²) in [5.41, 5.74) is -0.280. The minimum Gasteiger partial charge on any atom is -0.394 e. The summed E-state index contributed by atoms with van der Waals surface area (Å²) in [4.78, 5) is 13.3. The molecule has 3 nitrogen and oxygen atoms in total. The Hall–Kier alpha value is -1.68. The minimum atomic E-state index is -0.642. The topological polar surface area (TPSA) is 40.5 Å². The van der Waals surface area contributed by atoms with E-state index in [4.69, 9.17) is 5.11 Å². The largest absolute Gasteiger partial charge is 0.394 e. The molecule has 1 aromatic carbocycles. The number of likely N-dealkylation sites (N-methyl/N-ethyl adjacent to an activating group) is 1. The summed E-state index contributed by atoms with van der Waals surface area (Å²) in [6.07, 6.45) is 2.73. The first-order valence-corrected chi connectivity index (χ1v) is 5.70. The average molecular weight is 251 g/mol. The van der Waals surface area contributed by atoms with E-state index in [1.807, 2.05) is 0 Å². The highest BCUT2D eigenvalue weighted by Gasteiger charge is 2.25. The third-order valence-corrected chi connectivity index (χ3v) is 2.94. The summed E-state index contributed by atoms with van der Waals surface area (Å²) in [5.74, 6) is -0.650. The number of rotatable bonds is 4. The lowest BCUT2D eigenvalue weighted by Gasteiger charge is -2.33. The van der Waals surface area contributed by atoms with E-state index in [1.165, 1.54) is 23.1 Å². The molecule has 4 heteroatoms. The van der Waals surface area contributed by atoms with E-state index < -0.39 is 5.54 Å². The van der Waals surface area contributed by atoms with Gasteiger partial charge < -0.3 is 10.0 Å². The highest BCUT2D eigenvalue weighted by atomic mass is 19.1. The number of carbonyl (C=O) groups excluding carboxylic acids is 1. The lowest BCUT2D eigenvalue weighted by molar-refractivity contribution is -0.130. The SMILES string of the molecule is CN(C(=O)/C=C/c1ccccc1F)C(C)(C)CO. The van der Waals surface area contributed by atoms with E-state index >= 15 is 0 Å². The van der Waals surface area contributed by atoms with Crippen LogP contribution in [0.3, 0.4) is 0 Å². The van der Waals surface area contributed by atoms with Crippen LogP contribution in [0.5, 0.6) is 0 Å². The van der Waals surface area contributed by atoms with E-state index in [9.17, 15) is 9.18 Å². The van der Waals surface area contributed by atoms with Gasteiger partial charge in [0.15, 0.2) is 0 Å². The number of nitrogens with zero attached hydrogens (tertiary/aromatic N) is 1. The van der Waals surface area contributed by atoms with Crippen molar-refractivity contribution in [1.82, 2.24) is 4.90 Å². The van der Waals surface area contributed by atoms with Gasteiger partial charge in [0.1, 0.15) is 5.82 Å². The number of carbonyl (C=O) groups is 1. The minimum absolute atomic E-state index is 0.136. The number of benzene rings is 1. The Morgan fingerprint density at radius 2 is 2.06 bits per heavy atom. The maximum atomic E-state index is 13.3. The second-order valence-corrected chi connectivity index (χ2v) is 4.72. The highest BCUT2D eigenvalue weighted by Crippen LogP contribution is 2.13. The molecule has 0 saturated heterocycles. The summed E-state index contributed by atoms with van der Waals surface area (Å²) in [6.45, 7) is 3.37. The Labute approximate surface area is 107 Å². The molecule has 1 rings (SSSR count). The maximum absolute atomic E-state index is 13.3. The average Bonchev–Trinajstić information content (AvgIpc) is 2.36.